The number of amides is 1. The summed E-state index contributed by atoms with van der Waals surface area (Å²) in [7, 11) is 1.57. The summed E-state index contributed by atoms with van der Waals surface area (Å²) in [5.41, 5.74) is 1.06. The quantitative estimate of drug-likeness (QED) is 0.677. The fourth-order valence-corrected chi connectivity index (χ4v) is 3.88. The van der Waals surface area contributed by atoms with E-state index in [9.17, 15) is 14.4 Å². The van der Waals surface area contributed by atoms with Crippen LogP contribution in [0.3, 0.4) is 0 Å². The van der Waals surface area contributed by atoms with Crippen molar-refractivity contribution in [3.63, 3.8) is 0 Å². The molecule has 0 aliphatic heterocycles. The third-order valence-electron chi connectivity index (χ3n) is 5.57. The molecular formula is C25H32N2O5. The van der Waals surface area contributed by atoms with Crippen molar-refractivity contribution in [2.45, 2.75) is 53.5 Å². The second kappa shape index (κ2) is 9.18. The summed E-state index contributed by atoms with van der Waals surface area (Å²) in [5.74, 6) is 1.000. The first-order valence-electron chi connectivity index (χ1n) is 10.9. The number of ether oxygens (including phenoxy) is 2. The number of benzene rings is 1. The Morgan fingerprint density at radius 2 is 1.84 bits per heavy atom. The summed E-state index contributed by atoms with van der Waals surface area (Å²) in [6.07, 6.45) is 0.973. The van der Waals surface area contributed by atoms with Crippen molar-refractivity contribution in [1.82, 2.24) is 10.3 Å². The first kappa shape index (κ1) is 23.6. The van der Waals surface area contributed by atoms with Gasteiger partial charge in [-0.15, -0.1) is 0 Å². The molecule has 2 aromatic rings. The number of ketones is 1. The molecule has 1 amide bonds. The van der Waals surface area contributed by atoms with Crippen LogP contribution in [0, 0.1) is 11.3 Å². The zero-order valence-corrected chi connectivity index (χ0v) is 19.6. The van der Waals surface area contributed by atoms with Gasteiger partial charge in [0.15, 0.2) is 17.3 Å². The molecule has 0 bridgehead atoms. The monoisotopic (exact) mass is 440 g/mol. The Bertz CT molecular complexity index is 1080. The molecule has 0 fully saturated rings. The highest BCUT2D eigenvalue weighted by Crippen LogP contribution is 2.34. The van der Waals surface area contributed by atoms with Crippen molar-refractivity contribution in [2.75, 3.05) is 13.7 Å². The van der Waals surface area contributed by atoms with Crippen LogP contribution in [-0.4, -0.2) is 30.4 Å². The number of rotatable bonds is 7. The lowest BCUT2D eigenvalue weighted by molar-refractivity contribution is 0.0910. The highest BCUT2D eigenvalue weighted by Gasteiger charge is 2.32. The van der Waals surface area contributed by atoms with Crippen LogP contribution in [0.5, 0.6) is 11.5 Å². The van der Waals surface area contributed by atoms with E-state index in [2.05, 4.69) is 24.1 Å². The Morgan fingerprint density at radius 1 is 1.12 bits per heavy atom. The molecule has 0 spiro atoms. The van der Waals surface area contributed by atoms with Gasteiger partial charge in [0, 0.05) is 17.7 Å². The summed E-state index contributed by atoms with van der Waals surface area (Å²) in [6.45, 7) is 10.5. The number of methoxy groups -OCH3 is 1. The number of H-pyrrole nitrogens is 1. The maximum atomic E-state index is 12.9. The van der Waals surface area contributed by atoms with Gasteiger partial charge < -0.3 is 19.8 Å². The van der Waals surface area contributed by atoms with Crippen molar-refractivity contribution in [3.8, 4) is 11.5 Å². The number of fused-ring (bicyclic) bond motifs is 1. The molecule has 32 heavy (non-hydrogen) atoms. The minimum atomic E-state index is -0.529. The van der Waals surface area contributed by atoms with E-state index in [0.717, 1.165) is 5.56 Å². The second-order valence-corrected chi connectivity index (χ2v) is 9.66. The summed E-state index contributed by atoms with van der Waals surface area (Å²) in [6, 6.07) is 6.51. The molecule has 1 heterocycles. The van der Waals surface area contributed by atoms with Crippen LogP contribution in [0.4, 0.5) is 0 Å². The van der Waals surface area contributed by atoms with E-state index in [1.807, 2.05) is 39.0 Å². The van der Waals surface area contributed by atoms with Crippen LogP contribution in [0.2, 0.25) is 0 Å². The second-order valence-electron chi connectivity index (χ2n) is 9.66. The molecule has 2 N–H and O–H groups in total. The van der Waals surface area contributed by atoms with Gasteiger partial charge >= 0.3 is 0 Å². The molecule has 1 atom stereocenters. The Morgan fingerprint density at radius 3 is 2.50 bits per heavy atom. The van der Waals surface area contributed by atoms with Crippen molar-refractivity contribution in [1.29, 1.82) is 0 Å². The van der Waals surface area contributed by atoms with Gasteiger partial charge in [0.05, 0.1) is 19.8 Å². The predicted molar refractivity (Wildman–Crippen MR) is 123 cm³/mol. The molecule has 1 aliphatic carbocycles. The Labute approximate surface area is 188 Å². The van der Waals surface area contributed by atoms with Crippen LogP contribution in [0.15, 0.2) is 29.1 Å². The van der Waals surface area contributed by atoms with E-state index >= 15 is 0 Å². The fraction of sp³-hybridized carbons (Fsp3) is 0.480. The number of hydrogen-bond acceptors (Lipinski definition) is 5. The fourth-order valence-electron chi connectivity index (χ4n) is 3.88. The van der Waals surface area contributed by atoms with Gasteiger partial charge in [-0.1, -0.05) is 33.8 Å². The van der Waals surface area contributed by atoms with Gasteiger partial charge in [-0.25, -0.2) is 0 Å². The molecule has 172 valence electrons. The van der Waals surface area contributed by atoms with Gasteiger partial charge in [-0.3, -0.25) is 14.4 Å². The standard InChI is InChI=1S/C25H32N2O5/c1-14(2)13-32-21-8-7-16(9-22(21)31-6)15(3)26-23(29)18-10-17-19(27-24(18)30)11-25(4,5)12-20(17)28/h7-10,14-15H,11-13H2,1-6H3,(H,26,29)(H,27,30). The zero-order valence-electron chi connectivity index (χ0n) is 19.6. The number of pyridine rings is 1. The van der Waals surface area contributed by atoms with Crippen LogP contribution in [0.25, 0.3) is 0 Å². The van der Waals surface area contributed by atoms with Crippen LogP contribution >= 0.6 is 0 Å². The van der Waals surface area contributed by atoms with Crippen LogP contribution in [-0.2, 0) is 6.42 Å². The highest BCUT2D eigenvalue weighted by molar-refractivity contribution is 6.02. The molecule has 0 saturated carbocycles. The van der Waals surface area contributed by atoms with Crippen molar-refractivity contribution >= 4 is 11.7 Å². The maximum Gasteiger partial charge on any atom is 0.261 e. The lowest BCUT2D eigenvalue weighted by Gasteiger charge is -2.29. The highest BCUT2D eigenvalue weighted by atomic mass is 16.5. The third kappa shape index (κ3) is 5.21. The number of aromatic nitrogens is 1. The normalized spacial score (nSPS) is 15.8. The van der Waals surface area contributed by atoms with Gasteiger partial charge in [-0.2, -0.15) is 0 Å². The number of hydrogen-bond donors (Lipinski definition) is 2. The Hall–Kier alpha value is -3.09. The molecular weight excluding hydrogens is 408 g/mol. The maximum absolute atomic E-state index is 12.9. The Balaban J connectivity index is 1.80. The molecule has 1 aliphatic rings. The number of carbonyl (C=O) groups is 2. The number of aromatic amines is 1. The topological polar surface area (TPSA) is 97.5 Å². The number of Topliss-reactive ketones (excluding diaryl/α,β-unsaturated/α-hetero) is 1. The molecule has 7 nitrogen and oxygen atoms in total. The Kier molecular flexibility index (Phi) is 6.77. The average molecular weight is 441 g/mol. The van der Waals surface area contributed by atoms with Crippen LogP contribution < -0.4 is 20.3 Å². The molecule has 1 aromatic carbocycles. The summed E-state index contributed by atoms with van der Waals surface area (Å²) in [5, 5.41) is 2.85. The molecule has 0 saturated heterocycles. The van der Waals surface area contributed by atoms with Crippen LogP contribution in [0.1, 0.15) is 79.1 Å². The number of nitrogens with one attached hydrogen (secondary N) is 2. The first-order chi connectivity index (χ1) is 15.0. The van der Waals surface area contributed by atoms with E-state index in [-0.39, 0.29) is 22.8 Å². The molecule has 0 radical (unpaired) electrons. The van der Waals surface area contributed by atoms with Gasteiger partial charge in [0.2, 0.25) is 0 Å². The molecule has 7 heteroatoms. The van der Waals surface area contributed by atoms with E-state index in [0.29, 0.717) is 48.1 Å². The third-order valence-corrected chi connectivity index (χ3v) is 5.57. The van der Waals surface area contributed by atoms with Crippen molar-refractivity contribution < 1.29 is 19.1 Å². The van der Waals surface area contributed by atoms with Crippen molar-refractivity contribution in [3.05, 3.63) is 57.0 Å². The zero-order chi connectivity index (χ0) is 23.6. The lowest BCUT2D eigenvalue weighted by atomic mass is 9.75. The summed E-state index contributed by atoms with van der Waals surface area (Å²) < 4.78 is 11.2. The van der Waals surface area contributed by atoms with Crippen molar-refractivity contribution in [2.24, 2.45) is 11.3 Å². The van der Waals surface area contributed by atoms with E-state index in [4.69, 9.17) is 9.47 Å². The first-order valence-corrected chi connectivity index (χ1v) is 10.9. The van der Waals surface area contributed by atoms with E-state index in [1.165, 1.54) is 6.07 Å². The predicted octanol–water partition coefficient (Wildman–Crippen LogP) is 4.06. The largest absolute Gasteiger partial charge is 0.493 e. The smallest absolute Gasteiger partial charge is 0.261 e. The molecule has 1 aromatic heterocycles. The van der Waals surface area contributed by atoms with E-state index < -0.39 is 11.5 Å². The van der Waals surface area contributed by atoms with Gasteiger partial charge in [0.1, 0.15) is 5.56 Å². The van der Waals surface area contributed by atoms with Gasteiger partial charge in [0.25, 0.3) is 11.5 Å². The summed E-state index contributed by atoms with van der Waals surface area (Å²) >= 11 is 0. The SMILES string of the molecule is COc1cc(C(C)NC(=O)c2cc3c([nH]c2=O)CC(C)(C)CC3=O)ccc1OCC(C)C. The molecule has 1 unspecified atom stereocenters. The van der Waals surface area contributed by atoms with Gasteiger partial charge in [-0.05, 0) is 48.4 Å². The lowest BCUT2D eigenvalue weighted by Crippen LogP contribution is -2.35. The minimum Gasteiger partial charge on any atom is -0.493 e. The van der Waals surface area contributed by atoms with E-state index in [1.54, 1.807) is 7.11 Å². The summed E-state index contributed by atoms with van der Waals surface area (Å²) in [4.78, 5) is 40.7. The average Bonchev–Trinajstić information content (AvgIpc) is 2.70. The number of carbonyl (C=O) groups excluding carboxylic acids is 2. The molecule has 3 rings (SSSR count). The minimum absolute atomic E-state index is 0.0590.